The van der Waals surface area contributed by atoms with Gasteiger partial charge in [-0.3, -0.25) is 10.1 Å². The van der Waals surface area contributed by atoms with Crippen LogP contribution in [0.15, 0.2) is 28.0 Å². The number of nitrogens with zero attached hydrogens (tertiary/aromatic N) is 1. The maximum absolute atomic E-state index is 10.5. The average Bonchev–Trinajstić information content (AvgIpc) is 2.97. The first kappa shape index (κ1) is 12.8. The maximum atomic E-state index is 10.5. The molecule has 1 N–H and O–H groups in total. The van der Waals surface area contributed by atoms with E-state index in [1.54, 1.807) is 17.4 Å². The van der Waals surface area contributed by atoms with Crippen molar-refractivity contribution < 1.29 is 9.34 Å². The fraction of sp³-hybridized carbons (Fsp3) is 0.333. The summed E-state index contributed by atoms with van der Waals surface area (Å²) < 4.78 is 5.06. The minimum atomic E-state index is -0.530. The summed E-state index contributed by atoms with van der Waals surface area (Å²) in [5.74, 6) is 0.369. The third-order valence-electron chi connectivity index (χ3n) is 2.63. The molecule has 96 valence electrons. The van der Waals surface area contributed by atoms with E-state index in [9.17, 15) is 10.1 Å². The van der Waals surface area contributed by atoms with Crippen LogP contribution < -0.4 is 5.32 Å². The minimum absolute atomic E-state index is 0.211. The van der Waals surface area contributed by atoms with Gasteiger partial charge in [0.05, 0.1) is 12.6 Å². The Hall–Kier alpha value is -1.66. The minimum Gasteiger partial charge on any atom is -0.404 e. The molecule has 0 bridgehead atoms. The molecule has 2 rings (SSSR count). The molecule has 0 spiro atoms. The summed E-state index contributed by atoms with van der Waals surface area (Å²) in [6, 6.07) is 5.12. The van der Waals surface area contributed by atoms with Crippen molar-refractivity contribution in [2.24, 2.45) is 0 Å². The summed E-state index contributed by atoms with van der Waals surface area (Å²) in [7, 11) is 0. The van der Waals surface area contributed by atoms with Gasteiger partial charge in [0, 0.05) is 11.4 Å². The lowest BCUT2D eigenvalue weighted by Crippen LogP contribution is -2.12. The maximum Gasteiger partial charge on any atom is 0.433 e. The van der Waals surface area contributed by atoms with Gasteiger partial charge in [0.1, 0.15) is 10.7 Å². The number of aryl methyl sites for hydroxylation is 1. The van der Waals surface area contributed by atoms with E-state index in [1.807, 2.05) is 0 Å². The molecule has 2 aromatic rings. The van der Waals surface area contributed by atoms with E-state index < -0.39 is 4.92 Å². The third kappa shape index (κ3) is 2.96. The quantitative estimate of drug-likeness (QED) is 0.644. The Labute approximate surface area is 109 Å². The summed E-state index contributed by atoms with van der Waals surface area (Å²) in [6.45, 7) is 3.38. The second-order valence-electron chi connectivity index (χ2n) is 3.82. The van der Waals surface area contributed by atoms with Gasteiger partial charge in [-0.15, -0.1) is 11.3 Å². The first-order valence-corrected chi connectivity index (χ1v) is 6.57. The molecular weight excluding hydrogens is 252 g/mol. The molecule has 18 heavy (non-hydrogen) atoms. The van der Waals surface area contributed by atoms with E-state index in [0.29, 0.717) is 12.3 Å². The predicted molar refractivity (Wildman–Crippen MR) is 69.6 cm³/mol. The number of thiophene rings is 1. The van der Waals surface area contributed by atoms with Crippen LogP contribution in [0, 0.1) is 10.1 Å². The number of rotatable bonds is 6. The molecule has 6 heteroatoms. The average molecular weight is 266 g/mol. The Morgan fingerprint density at radius 2 is 2.22 bits per heavy atom. The highest BCUT2D eigenvalue weighted by Crippen LogP contribution is 2.18. The van der Waals surface area contributed by atoms with Crippen molar-refractivity contribution in [2.45, 2.75) is 26.4 Å². The van der Waals surface area contributed by atoms with Gasteiger partial charge in [-0.2, -0.15) is 0 Å². The van der Waals surface area contributed by atoms with E-state index in [1.165, 1.54) is 16.5 Å². The number of hydrogen-bond acceptors (Lipinski definition) is 5. The highest BCUT2D eigenvalue weighted by Gasteiger charge is 2.11. The summed E-state index contributed by atoms with van der Waals surface area (Å²) in [6.07, 6.45) is 1.02. The Morgan fingerprint density at radius 3 is 2.89 bits per heavy atom. The van der Waals surface area contributed by atoms with E-state index in [2.05, 4.69) is 23.7 Å². The monoisotopic (exact) mass is 266 g/mol. The smallest absolute Gasteiger partial charge is 0.404 e. The highest BCUT2D eigenvalue weighted by atomic mass is 32.1. The Kier molecular flexibility index (Phi) is 4.11. The van der Waals surface area contributed by atoms with Crippen molar-refractivity contribution in [3.05, 3.63) is 49.9 Å². The second kappa shape index (κ2) is 5.79. The number of hydrogen-bond donors (Lipinski definition) is 1. The SMILES string of the molecule is CCc1ccsc1CNCc1ccc([N+](=O)[O-])o1. The second-order valence-corrected chi connectivity index (χ2v) is 4.82. The summed E-state index contributed by atoms with van der Waals surface area (Å²) in [5.41, 5.74) is 1.35. The van der Waals surface area contributed by atoms with Gasteiger partial charge in [0.25, 0.3) is 0 Å². The van der Waals surface area contributed by atoms with Crippen LogP contribution in [0.3, 0.4) is 0 Å². The lowest BCUT2D eigenvalue weighted by Gasteiger charge is -2.02. The summed E-state index contributed by atoms with van der Waals surface area (Å²) in [4.78, 5) is 11.2. The van der Waals surface area contributed by atoms with Crippen molar-refractivity contribution >= 4 is 17.2 Å². The molecule has 0 fully saturated rings. The van der Waals surface area contributed by atoms with Gasteiger partial charge >= 0.3 is 5.88 Å². The van der Waals surface area contributed by atoms with Crippen LogP contribution in [-0.4, -0.2) is 4.92 Å². The topological polar surface area (TPSA) is 68.3 Å². The van der Waals surface area contributed by atoms with Crippen molar-refractivity contribution in [1.82, 2.24) is 5.32 Å². The van der Waals surface area contributed by atoms with Crippen LogP contribution in [0.2, 0.25) is 0 Å². The van der Waals surface area contributed by atoms with E-state index >= 15 is 0 Å². The molecule has 0 radical (unpaired) electrons. The molecule has 2 heterocycles. The molecule has 0 unspecified atom stereocenters. The molecule has 0 aliphatic heterocycles. The summed E-state index contributed by atoms with van der Waals surface area (Å²) in [5, 5.41) is 15.8. The van der Waals surface area contributed by atoms with Gasteiger partial charge < -0.3 is 9.73 Å². The molecule has 0 atom stereocenters. The number of nitro groups is 1. The predicted octanol–water partition coefficient (Wildman–Crippen LogP) is 3.10. The van der Waals surface area contributed by atoms with E-state index in [-0.39, 0.29) is 5.88 Å². The zero-order valence-corrected chi connectivity index (χ0v) is 10.8. The van der Waals surface area contributed by atoms with Crippen molar-refractivity contribution in [1.29, 1.82) is 0 Å². The molecule has 2 aromatic heterocycles. The van der Waals surface area contributed by atoms with Crippen LogP contribution in [-0.2, 0) is 19.5 Å². The van der Waals surface area contributed by atoms with Gasteiger partial charge in [0.15, 0.2) is 0 Å². The normalized spacial score (nSPS) is 10.7. The van der Waals surface area contributed by atoms with Crippen LogP contribution in [0.4, 0.5) is 5.88 Å². The van der Waals surface area contributed by atoms with Crippen LogP contribution in [0.1, 0.15) is 23.1 Å². The van der Waals surface area contributed by atoms with Crippen molar-refractivity contribution in [3.63, 3.8) is 0 Å². The Morgan fingerprint density at radius 1 is 1.39 bits per heavy atom. The molecule has 0 saturated heterocycles. The van der Waals surface area contributed by atoms with Crippen LogP contribution >= 0.6 is 11.3 Å². The Balaban J connectivity index is 1.86. The van der Waals surface area contributed by atoms with E-state index in [0.717, 1.165) is 13.0 Å². The molecule has 0 aromatic carbocycles. The zero-order valence-electron chi connectivity index (χ0n) is 10.0. The molecule has 0 saturated carbocycles. The van der Waals surface area contributed by atoms with Crippen LogP contribution in [0.5, 0.6) is 0 Å². The summed E-state index contributed by atoms with van der Waals surface area (Å²) >= 11 is 1.72. The fourth-order valence-electron chi connectivity index (χ4n) is 1.70. The molecule has 5 nitrogen and oxygen atoms in total. The lowest BCUT2D eigenvalue weighted by atomic mass is 10.2. The molecule has 0 aliphatic carbocycles. The highest BCUT2D eigenvalue weighted by molar-refractivity contribution is 7.10. The van der Waals surface area contributed by atoms with Gasteiger partial charge in [0.2, 0.25) is 0 Å². The Bertz CT molecular complexity index is 533. The third-order valence-corrected chi connectivity index (χ3v) is 3.59. The first-order valence-electron chi connectivity index (χ1n) is 5.69. The van der Waals surface area contributed by atoms with Crippen molar-refractivity contribution in [3.8, 4) is 0 Å². The number of nitrogens with one attached hydrogen (secondary N) is 1. The van der Waals surface area contributed by atoms with Gasteiger partial charge in [-0.25, -0.2) is 0 Å². The largest absolute Gasteiger partial charge is 0.433 e. The van der Waals surface area contributed by atoms with Gasteiger partial charge in [-0.05, 0) is 29.5 Å². The standard InChI is InChI=1S/C12H14N2O3S/c1-2-9-5-6-18-11(9)8-13-7-10-3-4-12(17-10)14(15)16/h3-6,13H,2,7-8H2,1H3. The van der Waals surface area contributed by atoms with Crippen molar-refractivity contribution in [2.75, 3.05) is 0 Å². The van der Waals surface area contributed by atoms with Crippen LogP contribution in [0.25, 0.3) is 0 Å². The molecular formula is C12H14N2O3S. The lowest BCUT2D eigenvalue weighted by molar-refractivity contribution is -0.402. The molecule has 0 amide bonds. The van der Waals surface area contributed by atoms with E-state index in [4.69, 9.17) is 4.42 Å². The number of furan rings is 1. The first-order chi connectivity index (χ1) is 8.70. The fourth-order valence-corrected chi connectivity index (χ4v) is 2.64. The molecule has 0 aliphatic rings. The van der Waals surface area contributed by atoms with Gasteiger partial charge in [-0.1, -0.05) is 6.92 Å². The zero-order chi connectivity index (χ0) is 13.0.